The molecule has 0 bridgehead atoms. The summed E-state index contributed by atoms with van der Waals surface area (Å²) in [5.41, 5.74) is 2.10. The fraction of sp³-hybridized carbons (Fsp3) is 0.400. The Morgan fingerprint density at radius 2 is 2.26 bits per heavy atom. The summed E-state index contributed by atoms with van der Waals surface area (Å²) in [5, 5.41) is 4.07. The second-order valence-corrected chi connectivity index (χ2v) is 4.48. The molecule has 0 saturated heterocycles. The van der Waals surface area contributed by atoms with Crippen LogP contribution in [0.3, 0.4) is 0 Å². The SMILES string of the molecule is CCOCCCNC(=O)Cc1ccc2cc[nH]c2c1. The first-order valence-electron chi connectivity index (χ1n) is 6.70. The van der Waals surface area contributed by atoms with Crippen LogP contribution in [0.25, 0.3) is 10.9 Å². The summed E-state index contributed by atoms with van der Waals surface area (Å²) in [6, 6.07) is 8.07. The van der Waals surface area contributed by atoms with Gasteiger partial charge in [-0.25, -0.2) is 0 Å². The summed E-state index contributed by atoms with van der Waals surface area (Å²) < 4.78 is 5.22. The maximum Gasteiger partial charge on any atom is 0.224 e. The Kier molecular flexibility index (Phi) is 4.98. The van der Waals surface area contributed by atoms with Gasteiger partial charge in [-0.2, -0.15) is 0 Å². The van der Waals surface area contributed by atoms with E-state index in [0.717, 1.165) is 24.1 Å². The minimum atomic E-state index is 0.0578. The van der Waals surface area contributed by atoms with Gasteiger partial charge in [-0.15, -0.1) is 0 Å². The van der Waals surface area contributed by atoms with Gasteiger partial charge in [0.1, 0.15) is 0 Å². The lowest BCUT2D eigenvalue weighted by Gasteiger charge is -2.05. The number of hydrogen-bond acceptors (Lipinski definition) is 2. The molecule has 1 amide bonds. The first-order valence-corrected chi connectivity index (χ1v) is 6.70. The Morgan fingerprint density at radius 3 is 3.11 bits per heavy atom. The molecule has 0 aliphatic carbocycles. The van der Waals surface area contributed by atoms with Crippen molar-refractivity contribution in [3.8, 4) is 0 Å². The average molecular weight is 260 g/mol. The molecule has 0 radical (unpaired) electrons. The van der Waals surface area contributed by atoms with Crippen molar-refractivity contribution in [3.63, 3.8) is 0 Å². The van der Waals surface area contributed by atoms with Crippen LogP contribution in [0.1, 0.15) is 18.9 Å². The van der Waals surface area contributed by atoms with Crippen LogP contribution in [0.2, 0.25) is 0 Å². The summed E-state index contributed by atoms with van der Waals surface area (Å²) in [6.07, 6.45) is 3.18. The predicted molar refractivity (Wildman–Crippen MR) is 76.1 cm³/mol. The molecular weight excluding hydrogens is 240 g/mol. The van der Waals surface area contributed by atoms with E-state index < -0.39 is 0 Å². The normalized spacial score (nSPS) is 10.8. The topological polar surface area (TPSA) is 54.1 Å². The number of carbonyl (C=O) groups excluding carboxylic acids is 1. The molecule has 0 aliphatic rings. The van der Waals surface area contributed by atoms with E-state index in [1.54, 1.807) is 0 Å². The zero-order chi connectivity index (χ0) is 13.5. The summed E-state index contributed by atoms with van der Waals surface area (Å²) in [7, 11) is 0. The number of aromatic nitrogens is 1. The molecule has 0 spiro atoms. The van der Waals surface area contributed by atoms with Crippen LogP contribution in [-0.4, -0.2) is 30.6 Å². The number of ether oxygens (including phenoxy) is 1. The van der Waals surface area contributed by atoms with Crippen molar-refractivity contribution in [3.05, 3.63) is 36.0 Å². The first-order chi connectivity index (χ1) is 9.29. The van der Waals surface area contributed by atoms with Gasteiger partial charge >= 0.3 is 0 Å². The third-order valence-electron chi connectivity index (χ3n) is 2.98. The van der Waals surface area contributed by atoms with Crippen molar-refractivity contribution < 1.29 is 9.53 Å². The lowest BCUT2D eigenvalue weighted by Crippen LogP contribution is -2.26. The van der Waals surface area contributed by atoms with Crippen molar-refractivity contribution in [1.29, 1.82) is 0 Å². The molecule has 0 atom stereocenters. The molecule has 0 aliphatic heterocycles. The Bertz CT molecular complexity index is 534. The van der Waals surface area contributed by atoms with E-state index >= 15 is 0 Å². The quantitative estimate of drug-likeness (QED) is 0.750. The smallest absolute Gasteiger partial charge is 0.224 e. The number of H-pyrrole nitrogens is 1. The van der Waals surface area contributed by atoms with Gasteiger partial charge in [0.15, 0.2) is 0 Å². The number of nitrogens with one attached hydrogen (secondary N) is 2. The number of aromatic amines is 1. The van der Waals surface area contributed by atoms with Crippen LogP contribution in [0.4, 0.5) is 0 Å². The number of hydrogen-bond donors (Lipinski definition) is 2. The van der Waals surface area contributed by atoms with E-state index in [-0.39, 0.29) is 5.91 Å². The first kappa shape index (κ1) is 13.6. The third-order valence-corrected chi connectivity index (χ3v) is 2.98. The van der Waals surface area contributed by atoms with Crippen LogP contribution in [0.15, 0.2) is 30.5 Å². The fourth-order valence-electron chi connectivity index (χ4n) is 2.00. The molecule has 1 aromatic carbocycles. The Balaban J connectivity index is 1.78. The van der Waals surface area contributed by atoms with Crippen molar-refractivity contribution in [2.24, 2.45) is 0 Å². The molecule has 1 aromatic heterocycles. The van der Waals surface area contributed by atoms with Gasteiger partial charge < -0.3 is 15.0 Å². The number of amides is 1. The second-order valence-electron chi connectivity index (χ2n) is 4.48. The molecule has 2 N–H and O–H groups in total. The lowest BCUT2D eigenvalue weighted by molar-refractivity contribution is -0.120. The minimum Gasteiger partial charge on any atom is -0.382 e. The molecule has 102 valence electrons. The zero-order valence-corrected chi connectivity index (χ0v) is 11.2. The molecule has 0 unspecified atom stereocenters. The predicted octanol–water partition coefficient (Wildman–Crippen LogP) is 2.25. The maximum absolute atomic E-state index is 11.8. The highest BCUT2D eigenvalue weighted by Gasteiger charge is 2.04. The fourth-order valence-corrected chi connectivity index (χ4v) is 2.00. The van der Waals surface area contributed by atoms with Gasteiger partial charge in [-0.3, -0.25) is 4.79 Å². The largest absolute Gasteiger partial charge is 0.382 e. The van der Waals surface area contributed by atoms with Crippen LogP contribution < -0.4 is 5.32 Å². The molecule has 0 fully saturated rings. The van der Waals surface area contributed by atoms with Gasteiger partial charge in [0.25, 0.3) is 0 Å². The standard InChI is InChI=1S/C15H20N2O2/c1-2-19-9-3-7-17-15(18)11-12-4-5-13-6-8-16-14(13)10-12/h4-6,8,10,16H,2-3,7,9,11H2,1H3,(H,17,18). The third kappa shape index (κ3) is 4.10. The molecule has 4 heteroatoms. The molecule has 1 heterocycles. The molecule has 4 nitrogen and oxygen atoms in total. The summed E-state index contributed by atoms with van der Waals surface area (Å²) in [6.45, 7) is 4.06. The zero-order valence-electron chi connectivity index (χ0n) is 11.2. The molecule has 0 saturated carbocycles. The minimum absolute atomic E-state index is 0.0578. The van der Waals surface area contributed by atoms with E-state index in [0.29, 0.717) is 19.6 Å². The summed E-state index contributed by atoms with van der Waals surface area (Å²) in [4.78, 5) is 14.9. The van der Waals surface area contributed by atoms with Crippen LogP contribution in [-0.2, 0) is 16.0 Å². The molecular formula is C15H20N2O2. The van der Waals surface area contributed by atoms with E-state index in [9.17, 15) is 4.79 Å². The highest BCUT2D eigenvalue weighted by Crippen LogP contribution is 2.14. The average Bonchev–Trinajstić information content (AvgIpc) is 2.86. The van der Waals surface area contributed by atoms with E-state index in [4.69, 9.17) is 4.74 Å². The summed E-state index contributed by atoms with van der Waals surface area (Å²) >= 11 is 0. The number of carbonyl (C=O) groups is 1. The highest BCUT2D eigenvalue weighted by atomic mass is 16.5. The van der Waals surface area contributed by atoms with E-state index in [1.165, 1.54) is 5.39 Å². The van der Waals surface area contributed by atoms with Crippen molar-refractivity contribution in [2.45, 2.75) is 19.8 Å². The van der Waals surface area contributed by atoms with Gasteiger partial charge in [-0.05, 0) is 36.4 Å². The maximum atomic E-state index is 11.8. The Hall–Kier alpha value is -1.81. The van der Waals surface area contributed by atoms with Crippen molar-refractivity contribution >= 4 is 16.8 Å². The molecule has 2 rings (SSSR count). The van der Waals surface area contributed by atoms with E-state index in [2.05, 4.69) is 10.3 Å². The summed E-state index contributed by atoms with van der Waals surface area (Å²) in [5.74, 6) is 0.0578. The van der Waals surface area contributed by atoms with Gasteiger partial charge in [0, 0.05) is 31.5 Å². The van der Waals surface area contributed by atoms with Crippen LogP contribution in [0, 0.1) is 0 Å². The molecule has 19 heavy (non-hydrogen) atoms. The molecule has 2 aromatic rings. The second kappa shape index (κ2) is 6.95. The highest BCUT2D eigenvalue weighted by molar-refractivity contribution is 5.83. The Morgan fingerprint density at radius 1 is 1.37 bits per heavy atom. The number of benzene rings is 1. The number of fused-ring (bicyclic) bond motifs is 1. The van der Waals surface area contributed by atoms with E-state index in [1.807, 2.05) is 37.4 Å². The van der Waals surface area contributed by atoms with Gasteiger partial charge in [-0.1, -0.05) is 12.1 Å². The van der Waals surface area contributed by atoms with Crippen molar-refractivity contribution in [2.75, 3.05) is 19.8 Å². The van der Waals surface area contributed by atoms with Crippen molar-refractivity contribution in [1.82, 2.24) is 10.3 Å². The van der Waals surface area contributed by atoms with Gasteiger partial charge in [0.2, 0.25) is 5.91 Å². The lowest BCUT2D eigenvalue weighted by atomic mass is 10.1. The monoisotopic (exact) mass is 260 g/mol. The van der Waals surface area contributed by atoms with Gasteiger partial charge in [0.05, 0.1) is 6.42 Å². The van der Waals surface area contributed by atoms with Crippen LogP contribution in [0.5, 0.6) is 0 Å². The number of rotatable bonds is 7. The van der Waals surface area contributed by atoms with Crippen LogP contribution >= 0.6 is 0 Å². The Labute approximate surface area is 113 Å².